The molecule has 5 aliphatic carbocycles. The summed E-state index contributed by atoms with van der Waals surface area (Å²) >= 11 is 0. The lowest BCUT2D eigenvalue weighted by molar-refractivity contribution is -0.282. The number of hydrogen-bond acceptors (Lipinski definition) is 9. The summed E-state index contributed by atoms with van der Waals surface area (Å²) in [5.41, 5.74) is 0.568. The fourth-order valence-corrected chi connectivity index (χ4v) is 13.6. The summed E-state index contributed by atoms with van der Waals surface area (Å²) < 4.78 is 34.1. The molecule has 2 aromatic carbocycles. The largest absolute Gasteiger partial charge is 0.461 e. The molecule has 10 nitrogen and oxygen atoms in total. The fourth-order valence-electron chi connectivity index (χ4n) is 13.6. The number of carbonyl (C=O) groups excluding carboxylic acids is 1. The van der Waals surface area contributed by atoms with Gasteiger partial charge in [-0.25, -0.2) is 9.78 Å². The summed E-state index contributed by atoms with van der Waals surface area (Å²) in [6, 6.07) is 14.9. The van der Waals surface area contributed by atoms with E-state index >= 15 is 0 Å². The molecular formula is C41H51N3O7. The van der Waals surface area contributed by atoms with Crippen LogP contribution in [0.2, 0.25) is 0 Å². The summed E-state index contributed by atoms with van der Waals surface area (Å²) in [4.78, 5) is 35.5. The summed E-state index contributed by atoms with van der Waals surface area (Å²) in [5.74, 6) is 1.60. The number of fused-ring (bicyclic) bond motifs is 3. The molecule has 9 rings (SSSR count). The molecule has 1 unspecified atom stereocenters. The smallest absolute Gasteiger partial charge is 0.340 e. The van der Waals surface area contributed by atoms with Gasteiger partial charge in [-0.3, -0.25) is 14.3 Å². The molecule has 51 heavy (non-hydrogen) atoms. The van der Waals surface area contributed by atoms with Crippen molar-refractivity contribution in [2.24, 2.45) is 40.4 Å². The third-order valence-corrected chi connectivity index (χ3v) is 15.1. The second-order valence-corrected chi connectivity index (χ2v) is 16.3. The van der Waals surface area contributed by atoms with Crippen molar-refractivity contribution in [3.63, 3.8) is 0 Å². The zero-order valence-electron chi connectivity index (χ0n) is 30.7. The maximum absolute atomic E-state index is 14.3. The Labute approximate surface area is 299 Å². The van der Waals surface area contributed by atoms with Crippen LogP contribution in [0.25, 0.3) is 16.6 Å². The fraction of sp³-hybridized carbons (Fsp3) is 0.634. The second kappa shape index (κ2) is 11.9. The Kier molecular flexibility index (Phi) is 7.88. The Balaban J connectivity index is 1.11. The number of para-hydroxylation sites is 2. The van der Waals surface area contributed by atoms with Crippen molar-refractivity contribution in [1.29, 1.82) is 0 Å². The van der Waals surface area contributed by atoms with Crippen LogP contribution in [0.4, 0.5) is 0 Å². The average molecular weight is 698 g/mol. The number of aryl methyl sites for hydroxylation is 1. The molecule has 0 amide bonds. The molecule has 10 heteroatoms. The SMILES string of the molecule is CCN1C[C@]2(COC(=O)c3ccccc3-n3c(C)nc4ccccc4c3=O)CC[C@H](OC)[C@]34C1[C@H](C[C@H]23)[C@@]1(OC)C[C@H](OC)[C@H]2C[C@@H]4[C@@H]1[C@H]2OC. The number of methoxy groups -OCH3 is 4. The van der Waals surface area contributed by atoms with Crippen LogP contribution < -0.4 is 5.56 Å². The number of piperidine rings is 1. The Morgan fingerprint density at radius 3 is 2.51 bits per heavy atom. The number of aromatic nitrogens is 2. The average Bonchev–Trinajstić information content (AvgIpc) is 3.61. The lowest BCUT2D eigenvalue weighted by Gasteiger charge is -2.70. The Morgan fingerprint density at radius 1 is 0.980 bits per heavy atom. The predicted octanol–water partition coefficient (Wildman–Crippen LogP) is 5.06. The van der Waals surface area contributed by atoms with Gasteiger partial charge in [-0.05, 0) is 75.3 Å². The molecule has 1 aromatic heterocycles. The molecule has 272 valence electrons. The molecule has 12 atom stereocenters. The van der Waals surface area contributed by atoms with E-state index in [1.165, 1.54) is 0 Å². The van der Waals surface area contributed by atoms with Crippen molar-refractivity contribution in [3.8, 4) is 5.69 Å². The van der Waals surface area contributed by atoms with Gasteiger partial charge in [-0.2, -0.15) is 0 Å². The van der Waals surface area contributed by atoms with E-state index < -0.39 is 5.97 Å². The minimum atomic E-state index is -0.415. The minimum Gasteiger partial charge on any atom is -0.461 e. The third-order valence-electron chi connectivity index (χ3n) is 15.1. The molecule has 7 bridgehead atoms. The summed E-state index contributed by atoms with van der Waals surface area (Å²) in [6.07, 6.45) is 5.03. The standard InChI is InChI=1S/C41H51N3O7/c1-7-43-21-39(22-51-38(46)25-13-9-11-15-30(25)44-23(2)42-29-14-10-8-12-24(29)37(44)45)17-16-33(48-4)41-27-18-26-31(47-3)20-40(50-6,34(27)35(26)49-5)28(36(41)43)19-32(39)41/h8-15,26-28,31-36H,7,16-22H2,1-6H3/t26-,27-,28+,31+,32-,33+,34-,35+,36?,39+,40+,41-/m1/s1. The van der Waals surface area contributed by atoms with Crippen molar-refractivity contribution >= 4 is 16.9 Å². The van der Waals surface area contributed by atoms with Gasteiger partial charge in [0.15, 0.2) is 0 Å². The maximum Gasteiger partial charge on any atom is 0.340 e. The molecule has 2 heterocycles. The van der Waals surface area contributed by atoms with Crippen LogP contribution in [-0.4, -0.2) is 98.5 Å². The van der Waals surface area contributed by atoms with Crippen LogP contribution in [0.15, 0.2) is 53.3 Å². The van der Waals surface area contributed by atoms with E-state index in [9.17, 15) is 9.59 Å². The van der Waals surface area contributed by atoms with Gasteiger partial charge in [-0.1, -0.05) is 31.2 Å². The quantitative estimate of drug-likeness (QED) is 0.284. The lowest BCUT2D eigenvalue weighted by atomic mass is 9.43. The Morgan fingerprint density at radius 2 is 1.76 bits per heavy atom. The van der Waals surface area contributed by atoms with Gasteiger partial charge in [-0.15, -0.1) is 0 Å². The van der Waals surface area contributed by atoms with Crippen LogP contribution in [0, 0.1) is 47.3 Å². The zero-order chi connectivity index (χ0) is 35.4. The number of esters is 1. The summed E-state index contributed by atoms with van der Waals surface area (Å²) in [6.45, 7) is 6.17. The molecular weight excluding hydrogens is 646 g/mol. The molecule has 1 saturated heterocycles. The Bertz CT molecular complexity index is 1930. The van der Waals surface area contributed by atoms with Crippen LogP contribution >= 0.6 is 0 Å². The van der Waals surface area contributed by atoms with Gasteiger partial charge in [0.1, 0.15) is 5.82 Å². The monoisotopic (exact) mass is 697 g/mol. The zero-order valence-corrected chi connectivity index (χ0v) is 30.7. The Hall–Kier alpha value is -3.15. The van der Waals surface area contributed by atoms with E-state index in [1.54, 1.807) is 23.6 Å². The first kappa shape index (κ1) is 33.7. The van der Waals surface area contributed by atoms with Crippen LogP contribution in [-0.2, 0) is 23.7 Å². The van der Waals surface area contributed by atoms with Gasteiger partial charge in [0, 0.05) is 76.0 Å². The number of benzene rings is 2. The van der Waals surface area contributed by atoms with Crippen molar-refractivity contribution in [1.82, 2.24) is 14.5 Å². The number of likely N-dealkylation sites (tertiary alicyclic amines) is 1. The number of hydrogen-bond donors (Lipinski definition) is 0. The van der Waals surface area contributed by atoms with Crippen LogP contribution in [0.3, 0.4) is 0 Å². The van der Waals surface area contributed by atoms with E-state index in [0.29, 0.717) is 58.4 Å². The maximum atomic E-state index is 14.3. The normalized spacial score (nSPS) is 40.5. The molecule has 0 radical (unpaired) electrons. The predicted molar refractivity (Wildman–Crippen MR) is 191 cm³/mol. The molecule has 3 aromatic rings. The highest BCUT2D eigenvalue weighted by molar-refractivity contribution is 5.93. The van der Waals surface area contributed by atoms with Crippen LogP contribution in [0.5, 0.6) is 0 Å². The van der Waals surface area contributed by atoms with Crippen molar-refractivity contribution < 1.29 is 28.5 Å². The number of rotatable bonds is 9. The molecule has 1 spiro atoms. The van der Waals surface area contributed by atoms with Gasteiger partial charge in [0.2, 0.25) is 0 Å². The van der Waals surface area contributed by atoms with Crippen molar-refractivity contribution in [2.75, 3.05) is 48.1 Å². The summed E-state index contributed by atoms with van der Waals surface area (Å²) in [5, 5.41) is 0.509. The second-order valence-electron chi connectivity index (χ2n) is 16.3. The lowest BCUT2D eigenvalue weighted by Crippen LogP contribution is -2.76. The highest BCUT2D eigenvalue weighted by Crippen LogP contribution is 2.79. The van der Waals surface area contributed by atoms with Gasteiger partial charge < -0.3 is 23.7 Å². The summed E-state index contributed by atoms with van der Waals surface area (Å²) in [7, 11) is 7.53. The molecule has 6 fully saturated rings. The first-order chi connectivity index (χ1) is 24.7. The highest BCUT2D eigenvalue weighted by Gasteiger charge is 2.84. The highest BCUT2D eigenvalue weighted by atomic mass is 16.5. The van der Waals surface area contributed by atoms with E-state index in [1.807, 2.05) is 64.8 Å². The van der Waals surface area contributed by atoms with Gasteiger partial charge in [0.05, 0.1) is 52.7 Å². The van der Waals surface area contributed by atoms with Crippen molar-refractivity contribution in [2.45, 2.75) is 75.9 Å². The van der Waals surface area contributed by atoms with Crippen LogP contribution in [0.1, 0.15) is 55.2 Å². The number of carbonyl (C=O) groups is 1. The molecule has 1 aliphatic heterocycles. The molecule has 6 aliphatic rings. The minimum absolute atomic E-state index is 0.0712. The van der Waals surface area contributed by atoms with E-state index in [-0.39, 0.29) is 52.1 Å². The first-order valence-corrected chi connectivity index (χ1v) is 18.9. The topological polar surface area (TPSA) is 101 Å². The van der Waals surface area contributed by atoms with E-state index in [0.717, 1.165) is 45.2 Å². The van der Waals surface area contributed by atoms with Crippen molar-refractivity contribution in [3.05, 3.63) is 70.3 Å². The first-order valence-electron chi connectivity index (χ1n) is 18.9. The van der Waals surface area contributed by atoms with E-state index in [2.05, 4.69) is 11.8 Å². The van der Waals surface area contributed by atoms with Gasteiger partial charge >= 0.3 is 5.97 Å². The number of ether oxygens (including phenoxy) is 5. The van der Waals surface area contributed by atoms with E-state index in [4.69, 9.17) is 28.7 Å². The number of nitrogens with zero attached hydrogens (tertiary/aromatic N) is 3. The molecule has 5 saturated carbocycles. The van der Waals surface area contributed by atoms with Gasteiger partial charge in [0.25, 0.3) is 5.56 Å². The molecule has 0 N–H and O–H groups in total. The third kappa shape index (κ3) is 4.20.